The Labute approximate surface area is 147 Å². The standard InChI is InChI=1S/C17H16N4OS2/c22-16(19-17-21-20-15(24-17)12-8-9-12)18-14(13-7-4-10-23-13)11-5-2-1-3-6-11/h1-7,10,12,14H,8-9H2,(H2,18,19,21,22)/t14-/m1/s1. The van der Waals surface area contributed by atoms with Gasteiger partial charge in [0.25, 0.3) is 0 Å². The van der Waals surface area contributed by atoms with E-state index >= 15 is 0 Å². The number of benzene rings is 1. The summed E-state index contributed by atoms with van der Waals surface area (Å²) in [6, 6.07) is 13.5. The van der Waals surface area contributed by atoms with Gasteiger partial charge in [-0.25, -0.2) is 4.79 Å². The van der Waals surface area contributed by atoms with Crippen LogP contribution >= 0.6 is 22.7 Å². The van der Waals surface area contributed by atoms with Crippen LogP contribution in [0.15, 0.2) is 47.8 Å². The van der Waals surface area contributed by atoms with Gasteiger partial charge in [0.1, 0.15) is 5.01 Å². The lowest BCUT2D eigenvalue weighted by Gasteiger charge is -2.17. The van der Waals surface area contributed by atoms with Gasteiger partial charge < -0.3 is 5.32 Å². The maximum absolute atomic E-state index is 12.4. The maximum Gasteiger partial charge on any atom is 0.321 e. The molecule has 2 heterocycles. The minimum absolute atomic E-state index is 0.179. The van der Waals surface area contributed by atoms with E-state index in [2.05, 4.69) is 20.8 Å². The number of hydrogen-bond acceptors (Lipinski definition) is 5. The maximum atomic E-state index is 12.4. The molecule has 4 rings (SSSR count). The van der Waals surface area contributed by atoms with Crippen LogP contribution in [-0.2, 0) is 0 Å². The third-order valence-corrected chi connectivity index (χ3v) is 5.76. The molecule has 3 aromatic rings. The molecular weight excluding hydrogens is 340 g/mol. The van der Waals surface area contributed by atoms with E-state index in [9.17, 15) is 4.79 Å². The van der Waals surface area contributed by atoms with Gasteiger partial charge in [-0.3, -0.25) is 5.32 Å². The minimum atomic E-state index is -0.268. The number of thiophene rings is 1. The summed E-state index contributed by atoms with van der Waals surface area (Å²) in [7, 11) is 0. The van der Waals surface area contributed by atoms with Crippen LogP contribution in [0.1, 0.15) is 40.2 Å². The zero-order chi connectivity index (χ0) is 16.4. The Morgan fingerprint density at radius 3 is 2.67 bits per heavy atom. The van der Waals surface area contributed by atoms with Crippen LogP contribution in [0.3, 0.4) is 0 Å². The number of nitrogens with one attached hydrogen (secondary N) is 2. The Morgan fingerprint density at radius 1 is 1.12 bits per heavy atom. The first-order valence-electron chi connectivity index (χ1n) is 7.79. The van der Waals surface area contributed by atoms with Crippen molar-refractivity contribution in [2.45, 2.75) is 24.8 Å². The van der Waals surface area contributed by atoms with Gasteiger partial charge in [-0.05, 0) is 29.9 Å². The van der Waals surface area contributed by atoms with Gasteiger partial charge in [0, 0.05) is 10.8 Å². The van der Waals surface area contributed by atoms with Crippen LogP contribution in [-0.4, -0.2) is 16.2 Å². The second-order valence-electron chi connectivity index (χ2n) is 5.68. The number of urea groups is 1. The van der Waals surface area contributed by atoms with Gasteiger partial charge in [-0.2, -0.15) is 0 Å². The predicted molar refractivity (Wildman–Crippen MR) is 96.6 cm³/mol. The molecule has 1 aromatic carbocycles. The third kappa shape index (κ3) is 3.47. The van der Waals surface area contributed by atoms with E-state index in [1.807, 2.05) is 47.8 Å². The molecule has 0 aliphatic heterocycles. The minimum Gasteiger partial charge on any atom is -0.326 e. The fourth-order valence-corrected chi connectivity index (χ4v) is 4.17. The summed E-state index contributed by atoms with van der Waals surface area (Å²) in [5.74, 6) is 0.546. The van der Waals surface area contributed by atoms with E-state index < -0.39 is 0 Å². The quantitative estimate of drug-likeness (QED) is 0.712. The number of carbonyl (C=O) groups is 1. The van der Waals surface area contributed by atoms with Crippen molar-refractivity contribution in [3.63, 3.8) is 0 Å². The molecule has 24 heavy (non-hydrogen) atoms. The average Bonchev–Trinajstić information content (AvgIpc) is 3.11. The molecule has 1 saturated carbocycles. The van der Waals surface area contributed by atoms with Crippen LogP contribution < -0.4 is 10.6 Å². The van der Waals surface area contributed by atoms with Gasteiger partial charge in [0.15, 0.2) is 0 Å². The fourth-order valence-electron chi connectivity index (χ4n) is 2.46. The van der Waals surface area contributed by atoms with Crippen LogP contribution in [0.4, 0.5) is 9.93 Å². The average molecular weight is 356 g/mol. The van der Waals surface area contributed by atoms with Gasteiger partial charge in [0.2, 0.25) is 5.13 Å². The van der Waals surface area contributed by atoms with Gasteiger partial charge >= 0.3 is 6.03 Å². The third-order valence-electron chi connectivity index (χ3n) is 3.82. The molecule has 2 amide bonds. The second kappa shape index (κ2) is 6.70. The molecule has 0 unspecified atom stereocenters. The number of nitrogens with zero attached hydrogens (tertiary/aromatic N) is 2. The molecule has 7 heteroatoms. The van der Waals surface area contributed by atoms with E-state index in [-0.39, 0.29) is 12.1 Å². The smallest absolute Gasteiger partial charge is 0.321 e. The molecule has 1 aliphatic rings. The molecule has 0 radical (unpaired) electrons. The molecular formula is C17H16N4OS2. The zero-order valence-electron chi connectivity index (χ0n) is 12.8. The monoisotopic (exact) mass is 356 g/mol. The number of amides is 2. The van der Waals surface area contributed by atoms with E-state index in [0.29, 0.717) is 11.0 Å². The highest BCUT2D eigenvalue weighted by molar-refractivity contribution is 7.15. The van der Waals surface area contributed by atoms with Crippen LogP contribution in [0.25, 0.3) is 0 Å². The highest BCUT2D eigenvalue weighted by atomic mass is 32.1. The molecule has 0 spiro atoms. The van der Waals surface area contributed by atoms with Crippen LogP contribution in [0, 0.1) is 0 Å². The molecule has 0 bridgehead atoms. The second-order valence-corrected chi connectivity index (χ2v) is 7.67. The van der Waals surface area contributed by atoms with Gasteiger partial charge in [-0.15, -0.1) is 21.5 Å². The zero-order valence-corrected chi connectivity index (χ0v) is 14.4. The SMILES string of the molecule is O=C(Nc1nnc(C2CC2)s1)N[C@H](c1ccccc1)c1cccs1. The summed E-state index contributed by atoms with van der Waals surface area (Å²) < 4.78 is 0. The Bertz CT molecular complexity index is 812. The normalized spacial score (nSPS) is 15.0. The number of aromatic nitrogens is 2. The van der Waals surface area contributed by atoms with E-state index in [4.69, 9.17) is 0 Å². The Kier molecular flexibility index (Phi) is 4.27. The summed E-state index contributed by atoms with van der Waals surface area (Å²) in [4.78, 5) is 13.5. The van der Waals surface area contributed by atoms with Crippen molar-refractivity contribution in [1.82, 2.24) is 15.5 Å². The van der Waals surface area contributed by atoms with E-state index in [1.165, 1.54) is 24.2 Å². The number of rotatable bonds is 5. The molecule has 1 fully saturated rings. The van der Waals surface area contributed by atoms with Crippen molar-refractivity contribution in [2.24, 2.45) is 0 Å². The lowest BCUT2D eigenvalue weighted by atomic mass is 10.1. The van der Waals surface area contributed by atoms with Crippen molar-refractivity contribution in [3.8, 4) is 0 Å². The fraction of sp³-hybridized carbons (Fsp3) is 0.235. The Morgan fingerprint density at radius 2 is 1.96 bits per heavy atom. The van der Waals surface area contributed by atoms with Crippen molar-refractivity contribution in [3.05, 3.63) is 63.3 Å². The number of carbonyl (C=O) groups excluding carboxylic acids is 1. The first kappa shape index (κ1) is 15.3. The number of hydrogen-bond donors (Lipinski definition) is 2. The molecule has 1 aliphatic carbocycles. The van der Waals surface area contributed by atoms with Crippen molar-refractivity contribution >= 4 is 33.8 Å². The predicted octanol–water partition coefficient (Wildman–Crippen LogP) is 4.39. The van der Waals surface area contributed by atoms with Crippen molar-refractivity contribution < 1.29 is 4.79 Å². The molecule has 2 N–H and O–H groups in total. The van der Waals surface area contributed by atoms with E-state index in [1.54, 1.807) is 11.3 Å². The highest BCUT2D eigenvalue weighted by Gasteiger charge is 2.28. The molecule has 122 valence electrons. The first-order chi connectivity index (χ1) is 11.8. The highest BCUT2D eigenvalue weighted by Crippen LogP contribution is 2.42. The Hall–Kier alpha value is -2.25. The Balaban J connectivity index is 1.48. The summed E-state index contributed by atoms with van der Waals surface area (Å²) in [6.07, 6.45) is 2.35. The lowest BCUT2D eigenvalue weighted by Crippen LogP contribution is -2.32. The van der Waals surface area contributed by atoms with Crippen molar-refractivity contribution in [1.29, 1.82) is 0 Å². The van der Waals surface area contributed by atoms with Gasteiger partial charge in [0.05, 0.1) is 6.04 Å². The summed E-state index contributed by atoms with van der Waals surface area (Å²) in [5, 5.41) is 17.6. The topological polar surface area (TPSA) is 66.9 Å². The van der Waals surface area contributed by atoms with Gasteiger partial charge in [-0.1, -0.05) is 47.7 Å². The summed E-state index contributed by atoms with van der Waals surface area (Å²) in [6.45, 7) is 0. The summed E-state index contributed by atoms with van der Waals surface area (Å²) >= 11 is 3.08. The molecule has 1 atom stereocenters. The van der Waals surface area contributed by atoms with Crippen LogP contribution in [0.2, 0.25) is 0 Å². The van der Waals surface area contributed by atoms with E-state index in [0.717, 1.165) is 15.4 Å². The molecule has 2 aromatic heterocycles. The van der Waals surface area contributed by atoms with Crippen molar-refractivity contribution in [2.75, 3.05) is 5.32 Å². The summed E-state index contributed by atoms with van der Waals surface area (Å²) in [5.41, 5.74) is 1.05. The first-order valence-corrected chi connectivity index (χ1v) is 9.48. The molecule has 5 nitrogen and oxygen atoms in total. The molecule has 0 saturated heterocycles. The number of anilines is 1. The lowest BCUT2D eigenvalue weighted by molar-refractivity contribution is 0.250. The van der Waals surface area contributed by atoms with Crippen LogP contribution in [0.5, 0.6) is 0 Å². The largest absolute Gasteiger partial charge is 0.326 e.